The number of fused-ring (bicyclic) bond motifs is 1. The van der Waals surface area contributed by atoms with E-state index in [1.54, 1.807) is 54.0 Å². The molecule has 2 heterocycles. The van der Waals surface area contributed by atoms with Gasteiger partial charge in [0.2, 0.25) is 11.8 Å². The van der Waals surface area contributed by atoms with E-state index in [0.717, 1.165) is 0 Å². The van der Waals surface area contributed by atoms with Crippen LogP contribution in [0.4, 0.5) is 11.4 Å². The van der Waals surface area contributed by atoms with Gasteiger partial charge in [0.15, 0.2) is 0 Å². The smallest absolute Gasteiger partial charge is 0.253 e. The summed E-state index contributed by atoms with van der Waals surface area (Å²) in [5.74, 6) is -0.408. The third kappa shape index (κ3) is 4.16. The fourth-order valence-corrected chi connectivity index (χ4v) is 4.26. The fraction of sp³-hybridized carbons (Fsp3) is 0.348. The Hall–Kier alpha value is -2.90. The van der Waals surface area contributed by atoms with E-state index in [2.05, 4.69) is 5.32 Å². The summed E-state index contributed by atoms with van der Waals surface area (Å²) in [5.41, 5.74) is 0.911. The molecule has 1 fully saturated rings. The first kappa shape index (κ1) is 21.3. The molecule has 0 aliphatic carbocycles. The Morgan fingerprint density at radius 1 is 1.03 bits per heavy atom. The Morgan fingerprint density at radius 3 is 2.45 bits per heavy atom. The van der Waals surface area contributed by atoms with Crippen LogP contribution in [0.15, 0.2) is 48.5 Å². The number of benzene rings is 2. The molecule has 2 aliphatic heterocycles. The molecule has 0 radical (unpaired) electrons. The molecular weight excluding hydrogens is 416 g/mol. The zero-order valence-electron chi connectivity index (χ0n) is 17.6. The topological polar surface area (TPSA) is 73.0 Å². The van der Waals surface area contributed by atoms with Gasteiger partial charge in [-0.15, -0.1) is 0 Å². The van der Waals surface area contributed by atoms with Crippen LogP contribution in [0.2, 0.25) is 5.02 Å². The van der Waals surface area contributed by atoms with Crippen molar-refractivity contribution in [2.24, 2.45) is 0 Å². The molecule has 3 amide bonds. The maximum atomic E-state index is 13.3. The number of halogens is 1. The predicted octanol–water partition coefficient (Wildman–Crippen LogP) is 2.86. The number of piperazine rings is 1. The molecular formula is C23H25ClN4O3. The van der Waals surface area contributed by atoms with Crippen LogP contribution in [0, 0.1) is 0 Å². The quantitative estimate of drug-likeness (QED) is 0.796. The first-order valence-corrected chi connectivity index (χ1v) is 10.7. The average Bonchev–Trinajstić information content (AvgIpc) is 2.74. The number of nitrogens with one attached hydrogen (secondary N) is 1. The van der Waals surface area contributed by atoms with Crippen molar-refractivity contribution in [3.63, 3.8) is 0 Å². The van der Waals surface area contributed by atoms with Crippen molar-refractivity contribution in [2.75, 3.05) is 42.9 Å². The maximum Gasteiger partial charge on any atom is 0.253 e. The van der Waals surface area contributed by atoms with Crippen LogP contribution in [-0.4, -0.2) is 65.8 Å². The van der Waals surface area contributed by atoms with Gasteiger partial charge in [-0.2, -0.15) is 0 Å². The summed E-state index contributed by atoms with van der Waals surface area (Å²) in [7, 11) is 0. The van der Waals surface area contributed by atoms with Crippen LogP contribution < -0.4 is 10.2 Å². The second-order valence-corrected chi connectivity index (χ2v) is 8.77. The molecule has 4 rings (SSSR count). The molecule has 8 heteroatoms. The molecule has 0 aromatic heterocycles. The maximum absolute atomic E-state index is 13.3. The number of hydrogen-bond donors (Lipinski definition) is 1. The van der Waals surface area contributed by atoms with Gasteiger partial charge in [-0.3, -0.25) is 24.2 Å². The van der Waals surface area contributed by atoms with Crippen molar-refractivity contribution >= 4 is 40.7 Å². The largest absolute Gasteiger partial charge is 0.336 e. The third-order valence-electron chi connectivity index (χ3n) is 5.85. The normalized spacial score (nSPS) is 18.4. The number of nitrogens with zero attached hydrogens (tertiary/aromatic N) is 3. The van der Waals surface area contributed by atoms with Crippen molar-refractivity contribution in [2.45, 2.75) is 19.4 Å². The Labute approximate surface area is 186 Å². The van der Waals surface area contributed by atoms with Crippen molar-refractivity contribution in [1.29, 1.82) is 0 Å². The highest BCUT2D eigenvalue weighted by Crippen LogP contribution is 2.36. The summed E-state index contributed by atoms with van der Waals surface area (Å²) in [6.45, 7) is 5.90. The second-order valence-electron chi connectivity index (χ2n) is 8.34. The number of carbonyl (C=O) groups is 3. The van der Waals surface area contributed by atoms with E-state index >= 15 is 0 Å². The monoisotopic (exact) mass is 440 g/mol. The van der Waals surface area contributed by atoms with Crippen molar-refractivity contribution in [3.8, 4) is 0 Å². The lowest BCUT2D eigenvalue weighted by Crippen LogP contribution is -2.61. The van der Waals surface area contributed by atoms with Gasteiger partial charge in [0.25, 0.3) is 5.91 Å². The molecule has 2 aromatic carbocycles. The summed E-state index contributed by atoms with van der Waals surface area (Å²) in [6, 6.07) is 14.2. The van der Waals surface area contributed by atoms with E-state index in [9.17, 15) is 14.4 Å². The standard InChI is InChI=1S/C23H25ClN4O3/c1-23(2)22(31)25-18-8-3-4-9-19(18)28(23)20(29)15-26-10-12-27(13-11-26)21(30)16-6-5-7-17(24)14-16/h3-9,14H,10-13,15H2,1-2H3,(H,25,31). The molecule has 162 valence electrons. The minimum atomic E-state index is -0.990. The lowest BCUT2D eigenvalue weighted by atomic mass is 9.96. The summed E-state index contributed by atoms with van der Waals surface area (Å²) in [4.78, 5) is 44.0. The van der Waals surface area contributed by atoms with E-state index in [0.29, 0.717) is 48.1 Å². The molecule has 2 aliphatic rings. The Bertz CT molecular complexity index is 1030. The van der Waals surface area contributed by atoms with E-state index < -0.39 is 5.54 Å². The SMILES string of the molecule is CC1(C)C(=O)Nc2ccccc2N1C(=O)CN1CCN(C(=O)c2cccc(Cl)c2)CC1. The average molecular weight is 441 g/mol. The minimum absolute atomic E-state index is 0.0590. The van der Waals surface area contributed by atoms with Gasteiger partial charge >= 0.3 is 0 Å². The fourth-order valence-electron chi connectivity index (χ4n) is 4.07. The molecule has 0 bridgehead atoms. The number of amides is 3. The Balaban J connectivity index is 1.42. The summed E-state index contributed by atoms with van der Waals surface area (Å²) >= 11 is 6.00. The molecule has 0 spiro atoms. The molecule has 0 unspecified atom stereocenters. The minimum Gasteiger partial charge on any atom is -0.336 e. The van der Waals surface area contributed by atoms with E-state index in [1.165, 1.54) is 0 Å². The van der Waals surface area contributed by atoms with Gasteiger partial charge in [0.05, 0.1) is 17.9 Å². The molecule has 31 heavy (non-hydrogen) atoms. The zero-order chi connectivity index (χ0) is 22.2. The molecule has 1 saturated heterocycles. The van der Waals surface area contributed by atoms with Crippen LogP contribution in [0.5, 0.6) is 0 Å². The van der Waals surface area contributed by atoms with Gasteiger partial charge in [-0.05, 0) is 44.2 Å². The Morgan fingerprint density at radius 2 is 1.74 bits per heavy atom. The second kappa shape index (κ2) is 8.32. The van der Waals surface area contributed by atoms with Gasteiger partial charge in [0, 0.05) is 36.8 Å². The lowest BCUT2D eigenvalue weighted by molar-refractivity contribution is -0.127. The van der Waals surface area contributed by atoms with Gasteiger partial charge in [-0.1, -0.05) is 29.8 Å². The van der Waals surface area contributed by atoms with Crippen molar-refractivity contribution < 1.29 is 14.4 Å². The number of para-hydroxylation sites is 2. The number of rotatable bonds is 3. The van der Waals surface area contributed by atoms with Gasteiger partial charge < -0.3 is 10.2 Å². The molecule has 0 saturated carbocycles. The van der Waals surface area contributed by atoms with Gasteiger partial charge in [-0.25, -0.2) is 0 Å². The molecule has 2 aromatic rings. The highest BCUT2D eigenvalue weighted by atomic mass is 35.5. The third-order valence-corrected chi connectivity index (χ3v) is 6.08. The first-order chi connectivity index (χ1) is 14.8. The van der Waals surface area contributed by atoms with Gasteiger partial charge in [0.1, 0.15) is 5.54 Å². The van der Waals surface area contributed by atoms with Crippen LogP contribution in [0.3, 0.4) is 0 Å². The first-order valence-electron chi connectivity index (χ1n) is 10.3. The van der Waals surface area contributed by atoms with E-state index in [4.69, 9.17) is 11.6 Å². The molecule has 7 nitrogen and oxygen atoms in total. The Kier molecular flexibility index (Phi) is 5.73. The lowest BCUT2D eigenvalue weighted by Gasteiger charge is -2.43. The summed E-state index contributed by atoms with van der Waals surface area (Å²) < 4.78 is 0. The van der Waals surface area contributed by atoms with Crippen LogP contribution in [0.25, 0.3) is 0 Å². The van der Waals surface area contributed by atoms with Crippen molar-refractivity contribution in [3.05, 3.63) is 59.1 Å². The van der Waals surface area contributed by atoms with Crippen LogP contribution in [-0.2, 0) is 9.59 Å². The molecule has 0 atom stereocenters. The summed E-state index contributed by atoms with van der Waals surface area (Å²) in [6.07, 6.45) is 0. The number of hydrogen-bond acceptors (Lipinski definition) is 4. The molecule has 1 N–H and O–H groups in total. The van der Waals surface area contributed by atoms with E-state index in [-0.39, 0.29) is 24.3 Å². The predicted molar refractivity (Wildman–Crippen MR) is 120 cm³/mol. The summed E-state index contributed by atoms with van der Waals surface area (Å²) in [5, 5.41) is 3.41. The highest BCUT2D eigenvalue weighted by Gasteiger charge is 2.43. The van der Waals surface area contributed by atoms with Crippen molar-refractivity contribution in [1.82, 2.24) is 9.80 Å². The van der Waals surface area contributed by atoms with Crippen LogP contribution >= 0.6 is 11.6 Å². The zero-order valence-corrected chi connectivity index (χ0v) is 18.4. The number of carbonyl (C=O) groups excluding carboxylic acids is 3. The van der Waals surface area contributed by atoms with Crippen LogP contribution in [0.1, 0.15) is 24.2 Å². The number of anilines is 2. The van der Waals surface area contributed by atoms with E-state index in [1.807, 2.05) is 23.1 Å². The highest BCUT2D eigenvalue weighted by molar-refractivity contribution is 6.31.